The van der Waals surface area contributed by atoms with Crippen LogP contribution in [0.2, 0.25) is 0 Å². The van der Waals surface area contributed by atoms with Gasteiger partial charge in [-0.2, -0.15) is 0 Å². The molecule has 1 heterocycles. The lowest BCUT2D eigenvalue weighted by atomic mass is 10.2. The van der Waals surface area contributed by atoms with Crippen molar-refractivity contribution in [2.45, 2.75) is 18.8 Å². The summed E-state index contributed by atoms with van der Waals surface area (Å²) < 4.78 is 33.4. The molecule has 1 aliphatic carbocycles. The molecule has 0 spiro atoms. The second-order valence-electron chi connectivity index (χ2n) is 6.57. The quantitative estimate of drug-likeness (QED) is 0.337. The van der Waals surface area contributed by atoms with Crippen molar-refractivity contribution in [2.24, 2.45) is 0 Å². The average Bonchev–Trinajstić information content (AvgIpc) is 3.50. The van der Waals surface area contributed by atoms with Crippen LogP contribution in [0.5, 0.6) is 11.5 Å². The molecule has 1 N–H and O–H groups in total. The number of hydrogen-bond donors (Lipinski definition) is 1. The maximum absolute atomic E-state index is 14.0. The second-order valence-corrected chi connectivity index (χ2v) is 7.48. The molecule has 0 saturated heterocycles. The normalized spacial score (nSPS) is 13.2. The number of nitrogens with zero attached hydrogens (tertiary/aromatic N) is 2. The van der Waals surface area contributed by atoms with Gasteiger partial charge in [0, 0.05) is 22.7 Å². The number of aromatic nitrogens is 1. The molecule has 0 unspecified atom stereocenters. The summed E-state index contributed by atoms with van der Waals surface area (Å²) in [5.74, 6) is -1.44. The van der Waals surface area contributed by atoms with Gasteiger partial charge < -0.3 is 10.1 Å². The molecule has 1 aromatic heterocycles. The van der Waals surface area contributed by atoms with E-state index in [4.69, 9.17) is 4.74 Å². The van der Waals surface area contributed by atoms with Crippen molar-refractivity contribution in [3.8, 4) is 11.5 Å². The van der Waals surface area contributed by atoms with Gasteiger partial charge in [0.2, 0.25) is 0 Å². The monoisotopic (exact) mass is 461 g/mol. The molecule has 0 radical (unpaired) electrons. The largest absolute Gasteiger partial charge is 0.452 e. The number of hydrogen-bond acceptors (Lipinski definition) is 5. The topological polar surface area (TPSA) is 77.3 Å². The summed E-state index contributed by atoms with van der Waals surface area (Å²) >= 11 is 3.35. The fraction of sp³-hybridized carbons (Fsp3) is 0.150. The van der Waals surface area contributed by atoms with E-state index in [1.54, 1.807) is 18.2 Å². The summed E-state index contributed by atoms with van der Waals surface area (Å²) in [4.78, 5) is 15.4. The Hall–Kier alpha value is -3.07. The van der Waals surface area contributed by atoms with Gasteiger partial charge in [0.05, 0.1) is 10.6 Å². The Kier molecular flexibility index (Phi) is 5.14. The van der Waals surface area contributed by atoms with Crippen molar-refractivity contribution >= 4 is 33.0 Å². The fourth-order valence-electron chi connectivity index (χ4n) is 2.93. The Morgan fingerprint density at radius 2 is 1.86 bits per heavy atom. The predicted octanol–water partition coefficient (Wildman–Crippen LogP) is 6.44. The molecule has 0 bridgehead atoms. The number of nitrogens with one attached hydrogen (secondary N) is 1. The zero-order chi connectivity index (χ0) is 20.5. The first-order valence-electron chi connectivity index (χ1n) is 8.75. The lowest BCUT2D eigenvalue weighted by Gasteiger charge is -2.15. The molecule has 148 valence electrons. The van der Waals surface area contributed by atoms with E-state index in [2.05, 4.69) is 26.2 Å². The van der Waals surface area contributed by atoms with Crippen LogP contribution in [0.4, 0.5) is 25.8 Å². The van der Waals surface area contributed by atoms with Crippen LogP contribution >= 0.6 is 15.9 Å². The van der Waals surface area contributed by atoms with E-state index >= 15 is 0 Å². The number of ether oxygens (including phenoxy) is 1. The predicted molar refractivity (Wildman–Crippen MR) is 107 cm³/mol. The minimum absolute atomic E-state index is 0.0868. The van der Waals surface area contributed by atoms with E-state index in [9.17, 15) is 18.9 Å². The van der Waals surface area contributed by atoms with Gasteiger partial charge in [-0.3, -0.25) is 15.1 Å². The number of rotatable bonds is 6. The lowest BCUT2D eigenvalue weighted by molar-refractivity contribution is -0.385. The maximum atomic E-state index is 14.0. The standard InChI is InChI=1S/C20H14BrF2N3O3/c21-12-3-5-18(29-17-6-4-13(22)10-14(17)23)16(9-12)25-15-7-8-24-19(11-1-2-11)20(15)26(27)28/h3-11H,1-2H2,(H,24,25). The smallest absolute Gasteiger partial charge is 0.314 e. The van der Waals surface area contributed by atoms with Crippen molar-refractivity contribution in [1.29, 1.82) is 0 Å². The summed E-state index contributed by atoms with van der Waals surface area (Å²) in [6.07, 6.45) is 3.25. The molecule has 4 rings (SSSR count). The van der Waals surface area contributed by atoms with Gasteiger partial charge in [-0.1, -0.05) is 15.9 Å². The highest BCUT2D eigenvalue weighted by atomic mass is 79.9. The van der Waals surface area contributed by atoms with E-state index in [0.29, 0.717) is 15.9 Å². The highest BCUT2D eigenvalue weighted by molar-refractivity contribution is 9.10. The zero-order valence-corrected chi connectivity index (χ0v) is 16.4. The number of nitro groups is 1. The van der Waals surface area contributed by atoms with Crippen LogP contribution in [0.25, 0.3) is 0 Å². The molecule has 6 nitrogen and oxygen atoms in total. The molecule has 2 aromatic carbocycles. The Morgan fingerprint density at radius 1 is 1.10 bits per heavy atom. The Balaban J connectivity index is 1.72. The lowest BCUT2D eigenvalue weighted by Crippen LogP contribution is -2.03. The van der Waals surface area contributed by atoms with Crippen molar-refractivity contribution in [1.82, 2.24) is 4.98 Å². The third-order valence-corrected chi connectivity index (χ3v) is 4.92. The van der Waals surface area contributed by atoms with Crippen LogP contribution in [0, 0.1) is 21.7 Å². The molecular formula is C20H14BrF2N3O3. The molecule has 0 aliphatic heterocycles. The third kappa shape index (κ3) is 4.19. The molecule has 0 amide bonds. The Labute approximate surface area is 172 Å². The van der Waals surface area contributed by atoms with Crippen LogP contribution in [0.1, 0.15) is 24.5 Å². The zero-order valence-electron chi connectivity index (χ0n) is 14.9. The molecule has 1 fully saturated rings. The molecule has 1 aliphatic rings. The van der Waals surface area contributed by atoms with Gasteiger partial charge in [0.1, 0.15) is 17.2 Å². The van der Waals surface area contributed by atoms with Gasteiger partial charge >= 0.3 is 5.69 Å². The van der Waals surface area contributed by atoms with Crippen LogP contribution in [0.3, 0.4) is 0 Å². The highest BCUT2D eigenvalue weighted by Gasteiger charge is 2.34. The summed E-state index contributed by atoms with van der Waals surface area (Å²) in [5, 5.41) is 14.7. The third-order valence-electron chi connectivity index (χ3n) is 4.42. The maximum Gasteiger partial charge on any atom is 0.314 e. The van der Waals surface area contributed by atoms with Crippen molar-refractivity contribution in [2.75, 3.05) is 5.32 Å². The first-order valence-corrected chi connectivity index (χ1v) is 9.54. The Bertz CT molecular complexity index is 1110. The summed E-state index contributed by atoms with van der Waals surface area (Å²) in [6, 6.07) is 9.39. The van der Waals surface area contributed by atoms with Crippen LogP contribution in [0.15, 0.2) is 53.1 Å². The van der Waals surface area contributed by atoms with Crippen molar-refractivity contribution in [3.05, 3.63) is 80.6 Å². The molecule has 0 atom stereocenters. The second kappa shape index (κ2) is 7.75. The number of halogens is 3. The Morgan fingerprint density at radius 3 is 2.55 bits per heavy atom. The van der Waals surface area contributed by atoms with Gasteiger partial charge in [-0.05, 0) is 49.2 Å². The van der Waals surface area contributed by atoms with Crippen LogP contribution in [-0.2, 0) is 0 Å². The van der Waals surface area contributed by atoms with Gasteiger partial charge in [0.25, 0.3) is 0 Å². The SMILES string of the molecule is O=[N+]([O-])c1c(Nc2cc(Br)ccc2Oc2ccc(F)cc2F)ccnc1C1CC1. The van der Waals surface area contributed by atoms with Crippen molar-refractivity contribution < 1.29 is 18.4 Å². The number of benzene rings is 2. The van der Waals surface area contributed by atoms with Crippen LogP contribution in [-0.4, -0.2) is 9.91 Å². The first-order chi connectivity index (χ1) is 13.9. The van der Waals surface area contributed by atoms with E-state index in [1.807, 2.05) is 0 Å². The summed E-state index contributed by atoms with van der Waals surface area (Å²) in [7, 11) is 0. The van der Waals surface area contributed by atoms with E-state index < -0.39 is 16.6 Å². The molecule has 29 heavy (non-hydrogen) atoms. The molecule has 9 heteroatoms. The average molecular weight is 462 g/mol. The van der Waals surface area contributed by atoms with E-state index in [0.717, 1.165) is 25.0 Å². The minimum Gasteiger partial charge on any atom is -0.452 e. The summed E-state index contributed by atoms with van der Waals surface area (Å²) in [6.45, 7) is 0. The molecule has 1 saturated carbocycles. The summed E-state index contributed by atoms with van der Waals surface area (Å²) in [5.41, 5.74) is 0.990. The molecule has 3 aromatic rings. The number of anilines is 2. The highest BCUT2D eigenvalue weighted by Crippen LogP contribution is 2.46. The van der Waals surface area contributed by atoms with Gasteiger partial charge in [0.15, 0.2) is 17.3 Å². The van der Waals surface area contributed by atoms with Gasteiger partial charge in [-0.25, -0.2) is 8.78 Å². The van der Waals surface area contributed by atoms with E-state index in [-0.39, 0.29) is 28.8 Å². The fourth-order valence-corrected chi connectivity index (χ4v) is 3.29. The molecular weight excluding hydrogens is 448 g/mol. The van der Waals surface area contributed by atoms with Gasteiger partial charge in [-0.15, -0.1) is 0 Å². The van der Waals surface area contributed by atoms with Crippen LogP contribution < -0.4 is 10.1 Å². The van der Waals surface area contributed by atoms with Crippen molar-refractivity contribution in [3.63, 3.8) is 0 Å². The minimum atomic E-state index is -0.857. The van der Waals surface area contributed by atoms with E-state index in [1.165, 1.54) is 18.3 Å². The number of pyridine rings is 1. The first kappa shape index (κ1) is 19.3.